The number of methoxy groups -OCH3 is 1. The fraction of sp³-hybridized carbons (Fsp3) is 0.261. The van der Waals surface area contributed by atoms with E-state index >= 15 is 0 Å². The van der Waals surface area contributed by atoms with Crippen LogP contribution < -0.4 is 10.1 Å². The molecule has 0 aliphatic heterocycles. The van der Waals surface area contributed by atoms with E-state index in [1.165, 1.54) is 12.1 Å². The number of rotatable bonds is 7. The van der Waals surface area contributed by atoms with Crippen LogP contribution in [0.25, 0.3) is 16.9 Å². The van der Waals surface area contributed by atoms with Crippen LogP contribution in [0.4, 0.5) is 4.39 Å². The van der Waals surface area contributed by atoms with Gasteiger partial charge in [-0.1, -0.05) is 12.1 Å². The van der Waals surface area contributed by atoms with Crippen LogP contribution in [0.15, 0.2) is 54.6 Å². The third-order valence-electron chi connectivity index (χ3n) is 4.79. The molecule has 1 heterocycles. The van der Waals surface area contributed by atoms with E-state index in [2.05, 4.69) is 5.32 Å². The highest BCUT2D eigenvalue weighted by Gasteiger charge is 2.20. The molecule has 2 aromatic carbocycles. The van der Waals surface area contributed by atoms with Crippen molar-refractivity contribution in [3.05, 3.63) is 71.7 Å². The summed E-state index contributed by atoms with van der Waals surface area (Å²) in [6.07, 6.45) is 0. The number of halogens is 1. The molecule has 5 nitrogen and oxygen atoms in total. The summed E-state index contributed by atoms with van der Waals surface area (Å²) >= 11 is 0. The molecule has 1 aromatic heterocycles. The van der Waals surface area contributed by atoms with Crippen molar-refractivity contribution >= 4 is 5.91 Å². The van der Waals surface area contributed by atoms with Crippen LogP contribution in [0.5, 0.6) is 5.75 Å². The summed E-state index contributed by atoms with van der Waals surface area (Å²) in [7, 11) is 5.54. The molecule has 29 heavy (non-hydrogen) atoms. The van der Waals surface area contributed by atoms with Gasteiger partial charge in [0.05, 0.1) is 18.4 Å². The smallest absolute Gasteiger partial charge is 0.253 e. The van der Waals surface area contributed by atoms with Gasteiger partial charge < -0.3 is 19.5 Å². The normalized spacial score (nSPS) is 11.0. The number of hydrogen-bond donors (Lipinski definition) is 1. The van der Waals surface area contributed by atoms with Gasteiger partial charge in [-0.25, -0.2) is 4.39 Å². The van der Waals surface area contributed by atoms with Gasteiger partial charge in [-0.15, -0.1) is 0 Å². The Bertz CT molecular complexity index is 994. The summed E-state index contributed by atoms with van der Waals surface area (Å²) in [5.41, 5.74) is 3.91. The quantitative estimate of drug-likeness (QED) is 0.660. The number of likely N-dealkylation sites (N-methyl/N-ethyl adjacent to an activating group) is 1. The molecule has 6 heteroatoms. The number of amides is 1. The molecule has 3 rings (SSSR count). The van der Waals surface area contributed by atoms with Crippen LogP contribution in [-0.2, 0) is 0 Å². The van der Waals surface area contributed by atoms with Gasteiger partial charge in [-0.05, 0) is 63.5 Å². The minimum Gasteiger partial charge on any atom is -0.497 e. The van der Waals surface area contributed by atoms with Crippen molar-refractivity contribution in [1.29, 1.82) is 0 Å². The predicted molar refractivity (Wildman–Crippen MR) is 113 cm³/mol. The molecule has 1 N–H and O–H groups in total. The minimum atomic E-state index is -0.303. The lowest BCUT2D eigenvalue weighted by Crippen LogP contribution is -2.31. The second-order valence-corrected chi connectivity index (χ2v) is 7.13. The van der Waals surface area contributed by atoms with Crippen molar-refractivity contribution in [2.75, 3.05) is 34.3 Å². The highest BCUT2D eigenvalue weighted by molar-refractivity contribution is 5.97. The second kappa shape index (κ2) is 8.92. The van der Waals surface area contributed by atoms with Gasteiger partial charge in [0.15, 0.2) is 0 Å². The summed E-state index contributed by atoms with van der Waals surface area (Å²) in [5.74, 6) is 0.293. The van der Waals surface area contributed by atoms with Gasteiger partial charge in [-0.2, -0.15) is 0 Å². The first-order valence-corrected chi connectivity index (χ1v) is 9.46. The van der Waals surface area contributed by atoms with Gasteiger partial charge in [0.25, 0.3) is 5.91 Å². The average Bonchev–Trinajstić information content (AvgIpc) is 3.05. The molecule has 0 saturated heterocycles. The topological polar surface area (TPSA) is 46.5 Å². The van der Waals surface area contributed by atoms with Crippen LogP contribution in [-0.4, -0.2) is 49.7 Å². The Morgan fingerprint density at radius 2 is 1.86 bits per heavy atom. The zero-order chi connectivity index (χ0) is 21.0. The maximum atomic E-state index is 13.5. The first kappa shape index (κ1) is 20.6. The average molecular weight is 395 g/mol. The molecule has 0 unspecified atom stereocenters. The fourth-order valence-corrected chi connectivity index (χ4v) is 3.24. The first-order valence-electron chi connectivity index (χ1n) is 9.46. The van der Waals surface area contributed by atoms with Crippen molar-refractivity contribution in [3.63, 3.8) is 0 Å². The highest BCUT2D eigenvalue weighted by atomic mass is 19.1. The van der Waals surface area contributed by atoms with E-state index in [1.807, 2.05) is 60.8 Å². The van der Waals surface area contributed by atoms with Crippen LogP contribution in [0, 0.1) is 12.7 Å². The number of ether oxygens (including phenoxy) is 1. The second-order valence-electron chi connectivity index (χ2n) is 7.13. The molecule has 152 valence electrons. The summed E-state index contributed by atoms with van der Waals surface area (Å²) in [4.78, 5) is 14.8. The maximum absolute atomic E-state index is 13.5. The zero-order valence-corrected chi connectivity index (χ0v) is 17.2. The number of carbonyl (C=O) groups excluding carboxylic acids is 1. The molecule has 0 atom stereocenters. The summed E-state index contributed by atoms with van der Waals surface area (Å²) in [6.45, 7) is 3.21. The van der Waals surface area contributed by atoms with Crippen molar-refractivity contribution < 1.29 is 13.9 Å². The van der Waals surface area contributed by atoms with Crippen molar-refractivity contribution in [3.8, 4) is 22.7 Å². The monoisotopic (exact) mass is 395 g/mol. The van der Waals surface area contributed by atoms with Crippen LogP contribution >= 0.6 is 0 Å². The molecule has 0 radical (unpaired) electrons. The molecule has 0 bridgehead atoms. The zero-order valence-electron chi connectivity index (χ0n) is 17.2. The fourth-order valence-electron chi connectivity index (χ4n) is 3.24. The maximum Gasteiger partial charge on any atom is 0.253 e. The van der Waals surface area contributed by atoms with E-state index < -0.39 is 0 Å². The summed E-state index contributed by atoms with van der Waals surface area (Å²) in [5, 5.41) is 2.97. The Labute approximate surface area is 170 Å². The van der Waals surface area contributed by atoms with Gasteiger partial charge in [0.2, 0.25) is 0 Å². The molecule has 0 fully saturated rings. The SMILES string of the molecule is COc1cccc(-c2cc(C(=O)NCCN(C)C)c(C)n2-c2ccc(F)cc2)c1. The molecule has 3 aromatic rings. The largest absolute Gasteiger partial charge is 0.497 e. The first-order chi connectivity index (χ1) is 13.9. The van der Waals surface area contributed by atoms with E-state index in [9.17, 15) is 9.18 Å². The van der Waals surface area contributed by atoms with E-state index in [1.54, 1.807) is 19.2 Å². The van der Waals surface area contributed by atoms with Gasteiger partial charge in [-0.3, -0.25) is 4.79 Å². The van der Waals surface area contributed by atoms with E-state index in [0.29, 0.717) is 12.1 Å². The number of carbonyl (C=O) groups is 1. The Morgan fingerprint density at radius 3 is 2.52 bits per heavy atom. The minimum absolute atomic E-state index is 0.130. The molecule has 0 spiro atoms. The Hall–Kier alpha value is -3.12. The standard InChI is InChI=1S/C23H26FN3O2/c1-16-21(23(28)25-12-13-26(2)3)15-22(17-6-5-7-20(14-17)29-4)27(16)19-10-8-18(24)9-11-19/h5-11,14-15H,12-13H2,1-4H3,(H,25,28). The Kier molecular flexibility index (Phi) is 6.34. The van der Waals surface area contributed by atoms with E-state index in [-0.39, 0.29) is 11.7 Å². The highest BCUT2D eigenvalue weighted by Crippen LogP contribution is 2.31. The Balaban J connectivity index is 2.07. The van der Waals surface area contributed by atoms with Crippen molar-refractivity contribution in [2.45, 2.75) is 6.92 Å². The lowest BCUT2D eigenvalue weighted by atomic mass is 10.1. The third-order valence-corrected chi connectivity index (χ3v) is 4.79. The number of hydrogen-bond acceptors (Lipinski definition) is 3. The molecular formula is C23H26FN3O2. The molecule has 0 saturated carbocycles. The molecule has 1 amide bonds. The number of nitrogens with one attached hydrogen (secondary N) is 1. The van der Waals surface area contributed by atoms with E-state index in [0.717, 1.165) is 34.9 Å². The van der Waals surface area contributed by atoms with Crippen LogP contribution in [0.1, 0.15) is 16.1 Å². The summed E-state index contributed by atoms with van der Waals surface area (Å²) in [6, 6.07) is 15.8. The van der Waals surface area contributed by atoms with Gasteiger partial charge >= 0.3 is 0 Å². The van der Waals surface area contributed by atoms with E-state index in [4.69, 9.17) is 4.74 Å². The lowest BCUT2D eigenvalue weighted by Gasteiger charge is -2.13. The Morgan fingerprint density at radius 1 is 1.14 bits per heavy atom. The van der Waals surface area contributed by atoms with Crippen LogP contribution in [0.3, 0.4) is 0 Å². The van der Waals surface area contributed by atoms with Crippen LogP contribution in [0.2, 0.25) is 0 Å². The van der Waals surface area contributed by atoms with Gasteiger partial charge in [0, 0.05) is 30.0 Å². The number of nitrogens with zero attached hydrogens (tertiary/aromatic N) is 2. The lowest BCUT2D eigenvalue weighted by molar-refractivity contribution is 0.0950. The number of benzene rings is 2. The van der Waals surface area contributed by atoms with Gasteiger partial charge in [0.1, 0.15) is 11.6 Å². The summed E-state index contributed by atoms with van der Waals surface area (Å²) < 4.78 is 20.8. The van der Waals surface area contributed by atoms with Crippen molar-refractivity contribution in [1.82, 2.24) is 14.8 Å². The van der Waals surface area contributed by atoms with Crippen molar-refractivity contribution in [2.24, 2.45) is 0 Å². The molecular weight excluding hydrogens is 369 g/mol. The molecule has 0 aliphatic carbocycles. The third kappa shape index (κ3) is 4.66. The molecule has 0 aliphatic rings. The number of aromatic nitrogens is 1. The predicted octanol–water partition coefficient (Wildman–Crippen LogP) is 3.89.